The number of hydrogen-bond acceptors (Lipinski definition) is 4. The Bertz CT molecular complexity index is 548. The van der Waals surface area contributed by atoms with Crippen molar-refractivity contribution in [2.45, 2.75) is 13.5 Å². The molecule has 0 aliphatic carbocycles. The molecule has 1 aromatic heterocycles. The number of oxime groups is 1. The van der Waals surface area contributed by atoms with Gasteiger partial charge in [-0.05, 0) is 58.7 Å². The predicted octanol–water partition coefficient (Wildman–Crippen LogP) is 4.29. The highest BCUT2D eigenvalue weighted by atomic mass is 79.9. The van der Waals surface area contributed by atoms with Gasteiger partial charge in [-0.2, -0.15) is 0 Å². The van der Waals surface area contributed by atoms with Crippen molar-refractivity contribution in [3.05, 3.63) is 50.6 Å². The van der Waals surface area contributed by atoms with E-state index < -0.39 is 0 Å². The first-order valence-electron chi connectivity index (χ1n) is 5.34. The Balaban J connectivity index is 1.98. The van der Waals surface area contributed by atoms with E-state index in [2.05, 4.69) is 21.1 Å². The Morgan fingerprint density at radius 3 is 2.67 bits per heavy atom. The Hall–Kier alpha value is -1.33. The molecule has 2 rings (SSSR count). The average Bonchev–Trinajstić information content (AvgIpc) is 2.82. The zero-order valence-electron chi connectivity index (χ0n) is 9.76. The van der Waals surface area contributed by atoms with E-state index in [0.717, 1.165) is 15.8 Å². The molecule has 0 spiro atoms. The Morgan fingerprint density at radius 2 is 2.11 bits per heavy atom. The summed E-state index contributed by atoms with van der Waals surface area (Å²) in [5, 5.41) is 13.9. The highest BCUT2D eigenvalue weighted by Crippen LogP contribution is 2.22. The van der Waals surface area contributed by atoms with E-state index in [1.54, 1.807) is 18.3 Å². The summed E-state index contributed by atoms with van der Waals surface area (Å²) in [4.78, 5) is 1.17. The van der Waals surface area contributed by atoms with E-state index in [0.29, 0.717) is 12.3 Å². The van der Waals surface area contributed by atoms with Gasteiger partial charge in [0.25, 0.3) is 0 Å². The summed E-state index contributed by atoms with van der Waals surface area (Å²) in [6, 6.07) is 9.52. The molecular weight excluding hydrogens is 314 g/mol. The normalized spacial score (nSPS) is 11.6. The standard InChI is InChI=1S/C13H12BrNO2S/c1-9(15-16)10-2-4-12(5-3-10)17-7-13-6-11(14)8-18-13/h2-6,8,16H,7H2,1H3. The third-order valence-corrected chi connectivity index (χ3v) is 4.10. The molecule has 0 aliphatic rings. The van der Waals surface area contributed by atoms with Crippen LogP contribution in [0.2, 0.25) is 0 Å². The van der Waals surface area contributed by atoms with E-state index in [-0.39, 0.29) is 0 Å². The molecule has 3 nitrogen and oxygen atoms in total. The van der Waals surface area contributed by atoms with Gasteiger partial charge in [-0.25, -0.2) is 0 Å². The van der Waals surface area contributed by atoms with Crippen LogP contribution in [0.3, 0.4) is 0 Å². The first kappa shape index (κ1) is 13.1. The summed E-state index contributed by atoms with van der Waals surface area (Å²) in [6.45, 7) is 2.31. The molecule has 2 aromatic rings. The summed E-state index contributed by atoms with van der Waals surface area (Å²) < 4.78 is 6.74. The minimum Gasteiger partial charge on any atom is -0.488 e. The van der Waals surface area contributed by atoms with Crippen molar-refractivity contribution < 1.29 is 9.94 Å². The second-order valence-electron chi connectivity index (χ2n) is 3.73. The molecule has 0 amide bonds. The maximum atomic E-state index is 8.67. The van der Waals surface area contributed by atoms with Gasteiger partial charge in [0.2, 0.25) is 0 Å². The van der Waals surface area contributed by atoms with Crippen molar-refractivity contribution in [3.63, 3.8) is 0 Å². The first-order valence-corrected chi connectivity index (χ1v) is 7.01. The quantitative estimate of drug-likeness (QED) is 0.517. The molecule has 0 radical (unpaired) electrons. The number of halogens is 1. The zero-order chi connectivity index (χ0) is 13.0. The fraction of sp³-hybridized carbons (Fsp3) is 0.154. The van der Waals surface area contributed by atoms with Crippen molar-refractivity contribution in [3.8, 4) is 5.75 Å². The van der Waals surface area contributed by atoms with Crippen molar-refractivity contribution in [2.24, 2.45) is 5.16 Å². The number of benzene rings is 1. The summed E-state index contributed by atoms with van der Waals surface area (Å²) in [5.41, 5.74) is 1.47. The average molecular weight is 326 g/mol. The van der Waals surface area contributed by atoms with Crippen LogP contribution in [0.4, 0.5) is 0 Å². The highest BCUT2D eigenvalue weighted by Gasteiger charge is 2.01. The molecule has 0 atom stereocenters. The molecule has 1 heterocycles. The van der Waals surface area contributed by atoms with E-state index in [4.69, 9.17) is 9.94 Å². The lowest BCUT2D eigenvalue weighted by Crippen LogP contribution is -1.96. The van der Waals surface area contributed by atoms with Crippen LogP contribution in [0.15, 0.2) is 45.3 Å². The first-order chi connectivity index (χ1) is 8.69. The zero-order valence-corrected chi connectivity index (χ0v) is 12.2. The molecule has 0 aliphatic heterocycles. The van der Waals surface area contributed by atoms with Crippen LogP contribution in [0, 0.1) is 0 Å². The van der Waals surface area contributed by atoms with Gasteiger partial charge in [0.05, 0.1) is 5.71 Å². The summed E-state index contributed by atoms with van der Waals surface area (Å²) in [7, 11) is 0. The van der Waals surface area contributed by atoms with Crippen LogP contribution < -0.4 is 4.74 Å². The molecule has 0 fully saturated rings. The van der Waals surface area contributed by atoms with Crippen LogP contribution in [-0.4, -0.2) is 10.9 Å². The molecule has 18 heavy (non-hydrogen) atoms. The lowest BCUT2D eigenvalue weighted by atomic mass is 10.1. The van der Waals surface area contributed by atoms with Crippen molar-refractivity contribution in [2.75, 3.05) is 0 Å². The molecule has 0 bridgehead atoms. The van der Waals surface area contributed by atoms with Gasteiger partial charge in [-0.3, -0.25) is 0 Å². The van der Waals surface area contributed by atoms with Crippen LogP contribution in [0.25, 0.3) is 0 Å². The number of nitrogens with zero attached hydrogens (tertiary/aromatic N) is 1. The summed E-state index contributed by atoms with van der Waals surface area (Å²) in [6.07, 6.45) is 0. The number of rotatable bonds is 4. The lowest BCUT2D eigenvalue weighted by Gasteiger charge is -2.05. The highest BCUT2D eigenvalue weighted by molar-refractivity contribution is 9.10. The van der Waals surface area contributed by atoms with Crippen LogP contribution in [0.1, 0.15) is 17.4 Å². The summed E-state index contributed by atoms with van der Waals surface area (Å²) >= 11 is 5.07. The molecule has 1 N–H and O–H groups in total. The smallest absolute Gasteiger partial charge is 0.122 e. The molecule has 5 heteroatoms. The second-order valence-corrected chi connectivity index (χ2v) is 5.64. The predicted molar refractivity (Wildman–Crippen MR) is 76.8 cm³/mol. The lowest BCUT2D eigenvalue weighted by molar-refractivity contribution is 0.309. The second kappa shape index (κ2) is 6.02. The van der Waals surface area contributed by atoms with Crippen molar-refractivity contribution in [1.82, 2.24) is 0 Å². The van der Waals surface area contributed by atoms with Gasteiger partial charge in [0.1, 0.15) is 12.4 Å². The fourth-order valence-electron chi connectivity index (χ4n) is 1.43. The van der Waals surface area contributed by atoms with Gasteiger partial charge < -0.3 is 9.94 Å². The van der Waals surface area contributed by atoms with Gasteiger partial charge in [-0.1, -0.05) is 5.16 Å². The van der Waals surface area contributed by atoms with E-state index in [1.165, 1.54) is 4.88 Å². The third kappa shape index (κ3) is 3.34. The molecule has 1 aromatic carbocycles. The SMILES string of the molecule is CC(=NO)c1ccc(OCc2cc(Br)cs2)cc1. The molecule has 0 unspecified atom stereocenters. The number of ether oxygens (including phenoxy) is 1. The molecule has 0 saturated heterocycles. The molecule has 0 saturated carbocycles. The monoisotopic (exact) mass is 325 g/mol. The summed E-state index contributed by atoms with van der Waals surface area (Å²) in [5.74, 6) is 0.800. The maximum absolute atomic E-state index is 8.67. The molecular formula is C13H12BrNO2S. The number of hydrogen-bond donors (Lipinski definition) is 1. The Labute approximate surface area is 118 Å². The number of thiophene rings is 1. The van der Waals surface area contributed by atoms with Crippen LogP contribution >= 0.6 is 27.3 Å². The van der Waals surface area contributed by atoms with Gasteiger partial charge in [0, 0.05) is 14.7 Å². The largest absolute Gasteiger partial charge is 0.488 e. The van der Waals surface area contributed by atoms with E-state index >= 15 is 0 Å². The van der Waals surface area contributed by atoms with E-state index in [9.17, 15) is 0 Å². The van der Waals surface area contributed by atoms with Gasteiger partial charge in [0.15, 0.2) is 0 Å². The van der Waals surface area contributed by atoms with Crippen molar-refractivity contribution >= 4 is 33.0 Å². The fourth-order valence-corrected chi connectivity index (χ4v) is 2.80. The minimum atomic E-state index is 0.558. The third-order valence-electron chi connectivity index (χ3n) is 2.42. The molecule has 94 valence electrons. The Kier molecular flexibility index (Phi) is 4.38. The van der Waals surface area contributed by atoms with Crippen molar-refractivity contribution in [1.29, 1.82) is 0 Å². The van der Waals surface area contributed by atoms with Gasteiger partial charge >= 0.3 is 0 Å². The topological polar surface area (TPSA) is 41.8 Å². The van der Waals surface area contributed by atoms with E-state index in [1.807, 2.05) is 35.7 Å². The minimum absolute atomic E-state index is 0.558. The van der Waals surface area contributed by atoms with Crippen LogP contribution in [-0.2, 0) is 6.61 Å². The van der Waals surface area contributed by atoms with Crippen LogP contribution in [0.5, 0.6) is 5.75 Å². The Morgan fingerprint density at radius 1 is 1.39 bits per heavy atom. The maximum Gasteiger partial charge on any atom is 0.122 e. The van der Waals surface area contributed by atoms with Gasteiger partial charge in [-0.15, -0.1) is 11.3 Å².